The van der Waals surface area contributed by atoms with Crippen LogP contribution in [0.3, 0.4) is 0 Å². The number of piperidine rings is 1. The van der Waals surface area contributed by atoms with Gasteiger partial charge in [0.05, 0.1) is 24.6 Å². The molecule has 0 saturated carbocycles. The molecule has 0 unspecified atom stereocenters. The number of likely N-dealkylation sites (tertiary alicyclic amines) is 1. The number of carbonyl (C=O) groups excluding carboxylic acids is 2. The zero-order chi connectivity index (χ0) is 19.3. The summed E-state index contributed by atoms with van der Waals surface area (Å²) in [6.07, 6.45) is 5.86. The van der Waals surface area contributed by atoms with Crippen LogP contribution in [0.4, 0.5) is 0 Å². The number of oxazole rings is 1. The van der Waals surface area contributed by atoms with Crippen molar-refractivity contribution >= 4 is 11.8 Å². The van der Waals surface area contributed by atoms with E-state index < -0.39 is 0 Å². The van der Waals surface area contributed by atoms with Gasteiger partial charge < -0.3 is 19.1 Å². The molecule has 0 atom stereocenters. The number of nitrogens with zero attached hydrogens (tertiary/aromatic N) is 2. The zero-order valence-corrected chi connectivity index (χ0v) is 15.3. The van der Waals surface area contributed by atoms with E-state index in [-0.39, 0.29) is 24.3 Å². The van der Waals surface area contributed by atoms with Crippen LogP contribution in [0.15, 0.2) is 64.0 Å². The van der Waals surface area contributed by atoms with Crippen LogP contribution in [0, 0.1) is 5.92 Å². The van der Waals surface area contributed by atoms with Crippen molar-refractivity contribution in [3.63, 3.8) is 0 Å². The first-order chi connectivity index (χ1) is 13.7. The average molecular weight is 379 g/mol. The molecule has 1 saturated heterocycles. The van der Waals surface area contributed by atoms with Gasteiger partial charge in [-0.1, -0.05) is 30.3 Å². The standard InChI is InChI=1S/C21H21N3O4/c25-20(16-6-9-24(10-7-16)21(26)17-8-11-27-14-17)23-13-19-22-12-18(28-19)15-4-2-1-3-5-15/h1-5,8,11-12,14,16H,6-7,9-10,13H2,(H,23,25). The van der Waals surface area contributed by atoms with Gasteiger partial charge in [-0.15, -0.1) is 0 Å². The van der Waals surface area contributed by atoms with E-state index in [1.807, 2.05) is 30.3 Å². The lowest BCUT2D eigenvalue weighted by molar-refractivity contribution is -0.126. The highest BCUT2D eigenvalue weighted by Crippen LogP contribution is 2.21. The highest BCUT2D eigenvalue weighted by molar-refractivity contribution is 5.94. The van der Waals surface area contributed by atoms with Gasteiger partial charge in [-0.25, -0.2) is 4.98 Å². The molecule has 0 radical (unpaired) electrons. The van der Waals surface area contributed by atoms with Crippen LogP contribution in [0.2, 0.25) is 0 Å². The fraction of sp³-hybridized carbons (Fsp3) is 0.286. The number of rotatable bonds is 5. The molecule has 1 aliphatic rings. The molecule has 0 bridgehead atoms. The van der Waals surface area contributed by atoms with Crippen LogP contribution in [-0.4, -0.2) is 34.8 Å². The lowest BCUT2D eigenvalue weighted by Crippen LogP contribution is -2.42. The summed E-state index contributed by atoms with van der Waals surface area (Å²) in [5.74, 6) is 0.948. The number of hydrogen-bond donors (Lipinski definition) is 1. The molecule has 3 aromatic rings. The second kappa shape index (κ2) is 8.12. The number of amides is 2. The second-order valence-corrected chi connectivity index (χ2v) is 6.78. The molecule has 0 aliphatic carbocycles. The summed E-state index contributed by atoms with van der Waals surface area (Å²) in [5, 5.41) is 2.89. The first kappa shape index (κ1) is 18.0. The maximum atomic E-state index is 12.5. The Morgan fingerprint density at radius 3 is 2.64 bits per heavy atom. The predicted octanol–water partition coefficient (Wildman–Crippen LogP) is 3.10. The third-order valence-electron chi connectivity index (χ3n) is 4.95. The molecule has 1 aliphatic heterocycles. The third-order valence-corrected chi connectivity index (χ3v) is 4.95. The van der Waals surface area contributed by atoms with E-state index in [9.17, 15) is 9.59 Å². The van der Waals surface area contributed by atoms with Crippen molar-refractivity contribution in [2.75, 3.05) is 13.1 Å². The number of benzene rings is 1. The molecule has 1 aromatic carbocycles. The van der Waals surface area contributed by atoms with Gasteiger partial charge in [0.2, 0.25) is 11.8 Å². The molecule has 144 valence electrons. The van der Waals surface area contributed by atoms with Gasteiger partial charge in [0.1, 0.15) is 6.26 Å². The topological polar surface area (TPSA) is 88.6 Å². The van der Waals surface area contributed by atoms with E-state index in [1.165, 1.54) is 12.5 Å². The van der Waals surface area contributed by atoms with Gasteiger partial charge in [0.25, 0.3) is 5.91 Å². The van der Waals surface area contributed by atoms with Gasteiger partial charge in [0, 0.05) is 24.6 Å². The number of nitrogens with one attached hydrogen (secondary N) is 1. The Labute approximate surface area is 162 Å². The fourth-order valence-corrected chi connectivity index (χ4v) is 3.35. The van der Waals surface area contributed by atoms with Gasteiger partial charge >= 0.3 is 0 Å². The monoisotopic (exact) mass is 379 g/mol. The minimum Gasteiger partial charge on any atom is -0.472 e. The first-order valence-corrected chi connectivity index (χ1v) is 9.30. The predicted molar refractivity (Wildman–Crippen MR) is 101 cm³/mol. The van der Waals surface area contributed by atoms with Crippen molar-refractivity contribution in [2.45, 2.75) is 19.4 Å². The maximum absolute atomic E-state index is 12.5. The number of aromatic nitrogens is 1. The third kappa shape index (κ3) is 3.98. The van der Waals surface area contributed by atoms with E-state index in [0.29, 0.717) is 43.1 Å². The van der Waals surface area contributed by atoms with Crippen LogP contribution in [0.5, 0.6) is 0 Å². The van der Waals surface area contributed by atoms with Crippen molar-refractivity contribution in [1.29, 1.82) is 0 Å². The molecule has 7 heteroatoms. The van der Waals surface area contributed by atoms with Crippen LogP contribution < -0.4 is 5.32 Å². The van der Waals surface area contributed by atoms with Gasteiger partial charge in [-0.3, -0.25) is 9.59 Å². The van der Waals surface area contributed by atoms with Crippen molar-refractivity contribution in [2.24, 2.45) is 5.92 Å². The normalized spacial score (nSPS) is 14.8. The summed E-state index contributed by atoms with van der Waals surface area (Å²) in [5.41, 5.74) is 1.49. The summed E-state index contributed by atoms with van der Waals surface area (Å²) < 4.78 is 10.7. The molecule has 1 N–H and O–H groups in total. The Morgan fingerprint density at radius 2 is 1.93 bits per heavy atom. The molecule has 4 rings (SSSR count). The highest BCUT2D eigenvalue weighted by Gasteiger charge is 2.28. The Bertz CT molecular complexity index is 926. The number of furan rings is 1. The summed E-state index contributed by atoms with van der Waals surface area (Å²) in [6, 6.07) is 11.4. The van der Waals surface area contributed by atoms with Crippen LogP contribution in [0.1, 0.15) is 29.1 Å². The second-order valence-electron chi connectivity index (χ2n) is 6.78. The molecular formula is C21H21N3O4. The summed E-state index contributed by atoms with van der Waals surface area (Å²) >= 11 is 0. The number of hydrogen-bond acceptors (Lipinski definition) is 5. The van der Waals surface area contributed by atoms with Crippen molar-refractivity contribution in [1.82, 2.24) is 15.2 Å². The van der Waals surface area contributed by atoms with E-state index in [0.717, 1.165) is 5.56 Å². The highest BCUT2D eigenvalue weighted by atomic mass is 16.4. The maximum Gasteiger partial charge on any atom is 0.257 e. The molecule has 3 heterocycles. The molecule has 0 spiro atoms. The van der Waals surface area contributed by atoms with Gasteiger partial charge in [-0.2, -0.15) is 0 Å². The summed E-state index contributed by atoms with van der Waals surface area (Å²) in [7, 11) is 0. The van der Waals surface area contributed by atoms with Crippen LogP contribution in [0.25, 0.3) is 11.3 Å². The van der Waals surface area contributed by atoms with E-state index in [1.54, 1.807) is 17.2 Å². The quantitative estimate of drug-likeness (QED) is 0.736. The Hall–Kier alpha value is -3.35. The SMILES string of the molecule is O=C(NCc1ncc(-c2ccccc2)o1)C1CCN(C(=O)c2ccoc2)CC1. The fourth-order valence-electron chi connectivity index (χ4n) is 3.35. The largest absolute Gasteiger partial charge is 0.472 e. The number of carbonyl (C=O) groups is 2. The summed E-state index contributed by atoms with van der Waals surface area (Å²) in [6.45, 7) is 1.36. The first-order valence-electron chi connectivity index (χ1n) is 9.30. The van der Waals surface area contributed by atoms with Crippen LogP contribution in [-0.2, 0) is 11.3 Å². The Balaban J connectivity index is 1.26. The molecule has 1 fully saturated rings. The molecule has 7 nitrogen and oxygen atoms in total. The lowest BCUT2D eigenvalue weighted by atomic mass is 9.95. The van der Waals surface area contributed by atoms with Crippen molar-refractivity contribution in [3.8, 4) is 11.3 Å². The Morgan fingerprint density at radius 1 is 1.14 bits per heavy atom. The smallest absolute Gasteiger partial charge is 0.257 e. The molecule has 28 heavy (non-hydrogen) atoms. The lowest BCUT2D eigenvalue weighted by Gasteiger charge is -2.31. The van der Waals surface area contributed by atoms with Gasteiger partial charge in [0.15, 0.2) is 5.76 Å². The van der Waals surface area contributed by atoms with E-state index in [4.69, 9.17) is 8.83 Å². The molecular weight excluding hydrogens is 358 g/mol. The van der Waals surface area contributed by atoms with Gasteiger partial charge in [-0.05, 0) is 18.9 Å². The van der Waals surface area contributed by atoms with Crippen LogP contribution >= 0.6 is 0 Å². The summed E-state index contributed by atoms with van der Waals surface area (Å²) in [4.78, 5) is 30.8. The molecule has 2 aromatic heterocycles. The molecule has 2 amide bonds. The van der Waals surface area contributed by atoms with E-state index >= 15 is 0 Å². The minimum atomic E-state index is -0.114. The average Bonchev–Trinajstić information content (AvgIpc) is 3.44. The minimum absolute atomic E-state index is 0.0325. The zero-order valence-electron chi connectivity index (χ0n) is 15.3. The van der Waals surface area contributed by atoms with Crippen molar-refractivity contribution in [3.05, 3.63) is 66.6 Å². The Kier molecular flexibility index (Phi) is 5.23. The van der Waals surface area contributed by atoms with E-state index in [2.05, 4.69) is 10.3 Å². The van der Waals surface area contributed by atoms with Crippen molar-refractivity contribution < 1.29 is 18.4 Å².